The summed E-state index contributed by atoms with van der Waals surface area (Å²) in [7, 11) is 4.86. The number of carbonyl (C=O) groups excluding carboxylic acids is 1. The van der Waals surface area contributed by atoms with E-state index in [1.165, 1.54) is 0 Å². The minimum atomic E-state index is -0.310. The molecule has 0 N–H and O–H groups in total. The van der Waals surface area contributed by atoms with Crippen LogP contribution in [0.15, 0.2) is 36.4 Å². The molecule has 0 spiro atoms. The lowest BCUT2D eigenvalue weighted by molar-refractivity contribution is 0.0593. The average molecular weight is 484 g/mol. The lowest BCUT2D eigenvalue weighted by Crippen LogP contribution is -2.42. The standard InChI is InChI=1S/C25H29N3O5S/c1-5-6-20-24(34-27-26-20)25(29)28-12-11-16-13-22(31-3)23(32-4)14-19(16)21(28)15-33-18-9-7-17(30-2)8-10-18/h7-10,13-14,21H,5-6,11-12,15H2,1-4H3. The molecule has 0 fully saturated rings. The van der Waals surface area contributed by atoms with Crippen LogP contribution in [0, 0.1) is 0 Å². The van der Waals surface area contributed by atoms with Crippen molar-refractivity contribution in [1.82, 2.24) is 14.5 Å². The predicted molar refractivity (Wildman–Crippen MR) is 129 cm³/mol. The molecule has 180 valence electrons. The number of methoxy groups -OCH3 is 3. The number of benzene rings is 2. The Kier molecular flexibility index (Phi) is 7.52. The van der Waals surface area contributed by atoms with E-state index in [0.717, 1.165) is 46.9 Å². The Bertz CT molecular complexity index is 1130. The summed E-state index contributed by atoms with van der Waals surface area (Å²) in [5, 5.41) is 4.19. The van der Waals surface area contributed by atoms with E-state index in [1.54, 1.807) is 21.3 Å². The van der Waals surface area contributed by atoms with Crippen molar-refractivity contribution < 1.29 is 23.7 Å². The molecule has 8 nitrogen and oxygen atoms in total. The number of aromatic nitrogens is 2. The SMILES string of the molecule is CCCc1nnsc1C(=O)N1CCc2cc(OC)c(OC)cc2C1COc1ccc(OC)cc1. The molecule has 1 aliphatic rings. The molecule has 0 aliphatic carbocycles. The molecule has 0 radical (unpaired) electrons. The highest BCUT2D eigenvalue weighted by molar-refractivity contribution is 7.08. The van der Waals surface area contributed by atoms with Crippen LogP contribution in [0.4, 0.5) is 0 Å². The Labute approximate surface area is 203 Å². The van der Waals surface area contributed by atoms with E-state index in [4.69, 9.17) is 18.9 Å². The number of carbonyl (C=O) groups is 1. The fourth-order valence-electron chi connectivity index (χ4n) is 4.20. The molecule has 1 aromatic heterocycles. The van der Waals surface area contributed by atoms with Gasteiger partial charge in [-0.2, -0.15) is 0 Å². The highest BCUT2D eigenvalue weighted by atomic mass is 32.1. The van der Waals surface area contributed by atoms with Gasteiger partial charge in [0.1, 0.15) is 23.0 Å². The maximum Gasteiger partial charge on any atom is 0.268 e. The van der Waals surface area contributed by atoms with E-state index in [-0.39, 0.29) is 18.6 Å². The van der Waals surface area contributed by atoms with Crippen LogP contribution in [0.2, 0.25) is 0 Å². The highest BCUT2D eigenvalue weighted by Gasteiger charge is 2.35. The lowest BCUT2D eigenvalue weighted by atomic mass is 9.91. The third-order valence-electron chi connectivity index (χ3n) is 5.97. The molecule has 9 heteroatoms. The van der Waals surface area contributed by atoms with Crippen LogP contribution in [0.5, 0.6) is 23.0 Å². The molecule has 1 amide bonds. The van der Waals surface area contributed by atoms with Gasteiger partial charge in [-0.1, -0.05) is 17.8 Å². The van der Waals surface area contributed by atoms with Gasteiger partial charge in [0, 0.05) is 6.54 Å². The number of ether oxygens (including phenoxy) is 4. The third kappa shape index (κ3) is 4.79. The normalized spacial score (nSPS) is 14.9. The monoisotopic (exact) mass is 483 g/mol. The fraction of sp³-hybridized carbons (Fsp3) is 0.400. The largest absolute Gasteiger partial charge is 0.497 e. The molecule has 1 atom stereocenters. The topological polar surface area (TPSA) is 83.0 Å². The molecular weight excluding hydrogens is 454 g/mol. The van der Waals surface area contributed by atoms with Gasteiger partial charge in [0.15, 0.2) is 11.5 Å². The van der Waals surface area contributed by atoms with Gasteiger partial charge in [-0.25, -0.2) is 0 Å². The second-order valence-corrected chi connectivity index (χ2v) is 8.71. The number of hydrogen-bond acceptors (Lipinski definition) is 8. The zero-order chi connectivity index (χ0) is 24.1. The van der Waals surface area contributed by atoms with E-state index >= 15 is 0 Å². The predicted octanol–water partition coefficient (Wildman–Crippen LogP) is 4.34. The van der Waals surface area contributed by atoms with Gasteiger partial charge >= 0.3 is 0 Å². The average Bonchev–Trinajstić information content (AvgIpc) is 3.34. The Balaban J connectivity index is 1.68. The van der Waals surface area contributed by atoms with Crippen LogP contribution in [0.1, 0.15) is 45.9 Å². The minimum absolute atomic E-state index is 0.0674. The van der Waals surface area contributed by atoms with Gasteiger partial charge in [0.2, 0.25) is 0 Å². The van der Waals surface area contributed by atoms with E-state index in [0.29, 0.717) is 35.1 Å². The Hall–Kier alpha value is -3.33. The summed E-state index contributed by atoms with van der Waals surface area (Å²) in [4.78, 5) is 16.1. The lowest BCUT2D eigenvalue weighted by Gasteiger charge is -2.37. The zero-order valence-electron chi connectivity index (χ0n) is 19.9. The van der Waals surface area contributed by atoms with Crippen LogP contribution >= 0.6 is 11.5 Å². The van der Waals surface area contributed by atoms with Gasteiger partial charge in [0.25, 0.3) is 5.91 Å². The van der Waals surface area contributed by atoms with Gasteiger partial charge in [-0.15, -0.1) is 5.10 Å². The summed E-state index contributed by atoms with van der Waals surface area (Å²) in [6, 6.07) is 11.0. The van der Waals surface area contributed by atoms with Crippen molar-refractivity contribution in [3.63, 3.8) is 0 Å². The third-order valence-corrected chi connectivity index (χ3v) is 6.72. The van der Waals surface area contributed by atoms with Gasteiger partial charge in [-0.3, -0.25) is 4.79 Å². The first kappa shape index (κ1) is 23.8. The van der Waals surface area contributed by atoms with Crippen LogP contribution in [-0.4, -0.2) is 54.9 Å². The molecule has 0 saturated heterocycles. The van der Waals surface area contributed by atoms with Crippen LogP contribution in [0.3, 0.4) is 0 Å². The Morgan fingerprint density at radius 2 is 1.76 bits per heavy atom. The summed E-state index contributed by atoms with van der Waals surface area (Å²) in [6.45, 7) is 2.91. The number of rotatable bonds is 9. The number of aryl methyl sites for hydroxylation is 1. The van der Waals surface area contributed by atoms with E-state index < -0.39 is 0 Å². The van der Waals surface area contributed by atoms with Crippen LogP contribution in [-0.2, 0) is 12.8 Å². The van der Waals surface area contributed by atoms with E-state index in [2.05, 4.69) is 16.5 Å². The molecule has 2 aromatic carbocycles. The van der Waals surface area contributed by atoms with E-state index in [1.807, 2.05) is 41.3 Å². The smallest absolute Gasteiger partial charge is 0.268 e. The number of amides is 1. The van der Waals surface area contributed by atoms with Crippen molar-refractivity contribution >= 4 is 17.4 Å². The maximum absolute atomic E-state index is 13.7. The van der Waals surface area contributed by atoms with Crippen molar-refractivity contribution in [1.29, 1.82) is 0 Å². The second kappa shape index (κ2) is 10.7. The first-order valence-electron chi connectivity index (χ1n) is 11.2. The molecule has 1 aliphatic heterocycles. The van der Waals surface area contributed by atoms with Crippen molar-refractivity contribution in [2.45, 2.75) is 32.2 Å². The van der Waals surface area contributed by atoms with Crippen molar-refractivity contribution in [3.05, 3.63) is 58.1 Å². The zero-order valence-corrected chi connectivity index (χ0v) is 20.7. The molecule has 3 aromatic rings. The molecule has 1 unspecified atom stereocenters. The Morgan fingerprint density at radius 3 is 2.44 bits per heavy atom. The molecular formula is C25H29N3O5S. The van der Waals surface area contributed by atoms with Gasteiger partial charge in [0.05, 0.1) is 33.1 Å². The first-order valence-corrected chi connectivity index (χ1v) is 12.0. The van der Waals surface area contributed by atoms with Crippen LogP contribution in [0.25, 0.3) is 0 Å². The summed E-state index contributed by atoms with van der Waals surface area (Å²) in [5.74, 6) is 2.68. The molecule has 34 heavy (non-hydrogen) atoms. The number of fused-ring (bicyclic) bond motifs is 1. The maximum atomic E-state index is 13.7. The number of nitrogens with zero attached hydrogens (tertiary/aromatic N) is 3. The van der Waals surface area contributed by atoms with Crippen LogP contribution < -0.4 is 18.9 Å². The molecule has 0 bridgehead atoms. The van der Waals surface area contributed by atoms with Gasteiger partial charge < -0.3 is 23.8 Å². The van der Waals surface area contributed by atoms with Crippen molar-refractivity contribution in [3.8, 4) is 23.0 Å². The second-order valence-electron chi connectivity index (χ2n) is 7.96. The Morgan fingerprint density at radius 1 is 1.06 bits per heavy atom. The molecule has 2 heterocycles. The molecule has 0 saturated carbocycles. The minimum Gasteiger partial charge on any atom is -0.497 e. The molecule has 4 rings (SSSR count). The van der Waals surface area contributed by atoms with Crippen molar-refractivity contribution in [2.75, 3.05) is 34.5 Å². The summed E-state index contributed by atoms with van der Waals surface area (Å²) >= 11 is 1.16. The number of hydrogen-bond donors (Lipinski definition) is 0. The summed E-state index contributed by atoms with van der Waals surface area (Å²) in [5.41, 5.74) is 2.85. The summed E-state index contributed by atoms with van der Waals surface area (Å²) < 4.78 is 26.5. The van der Waals surface area contributed by atoms with Gasteiger partial charge in [-0.05, 0) is 71.9 Å². The van der Waals surface area contributed by atoms with Crippen molar-refractivity contribution in [2.24, 2.45) is 0 Å². The highest BCUT2D eigenvalue weighted by Crippen LogP contribution is 2.39. The fourth-order valence-corrected chi connectivity index (χ4v) is 4.86. The van der Waals surface area contributed by atoms with E-state index in [9.17, 15) is 4.79 Å². The summed E-state index contributed by atoms with van der Waals surface area (Å²) in [6.07, 6.45) is 2.32. The first-order chi connectivity index (χ1) is 16.6. The quantitative estimate of drug-likeness (QED) is 0.448.